The molecule has 2 nitrogen and oxygen atoms in total. The SMILES string of the molecule is CC1(C)c2ccccc2-c2cccc(N(c3ccc(-c4ccccc4)cc3)c3ccc4c(c3)C3(c5ccccc5Oc5ccccc53)c3ccccc3-4)c21. The van der Waals surface area contributed by atoms with Gasteiger partial charge in [-0.05, 0) is 98.1 Å². The van der Waals surface area contributed by atoms with Crippen LogP contribution in [0.25, 0.3) is 33.4 Å². The Morgan fingerprint density at radius 1 is 0.389 bits per heavy atom. The molecule has 0 bridgehead atoms. The number of nitrogens with zero attached hydrogens (tertiary/aromatic N) is 1. The average molecular weight is 692 g/mol. The Bertz CT molecular complexity index is 2730. The van der Waals surface area contributed by atoms with E-state index in [1.165, 1.54) is 72.4 Å². The van der Waals surface area contributed by atoms with Crippen molar-refractivity contribution in [2.24, 2.45) is 0 Å². The lowest BCUT2D eigenvalue weighted by atomic mass is 9.66. The van der Waals surface area contributed by atoms with Gasteiger partial charge in [0.25, 0.3) is 0 Å². The van der Waals surface area contributed by atoms with Crippen LogP contribution in [0, 0.1) is 0 Å². The molecule has 0 unspecified atom stereocenters. The lowest BCUT2D eigenvalue weighted by Gasteiger charge is -2.40. The van der Waals surface area contributed by atoms with Gasteiger partial charge in [-0.3, -0.25) is 0 Å². The van der Waals surface area contributed by atoms with Crippen molar-refractivity contribution >= 4 is 17.1 Å². The number of hydrogen-bond acceptors (Lipinski definition) is 2. The minimum atomic E-state index is -0.551. The van der Waals surface area contributed by atoms with Crippen LogP contribution in [-0.4, -0.2) is 0 Å². The third-order valence-electron chi connectivity index (χ3n) is 12.1. The molecule has 0 fully saturated rings. The predicted molar refractivity (Wildman–Crippen MR) is 222 cm³/mol. The lowest BCUT2D eigenvalue weighted by molar-refractivity contribution is 0.436. The van der Waals surface area contributed by atoms with Gasteiger partial charge in [0.05, 0.1) is 11.1 Å². The summed E-state index contributed by atoms with van der Waals surface area (Å²) >= 11 is 0. The van der Waals surface area contributed by atoms with Crippen molar-refractivity contribution in [2.45, 2.75) is 24.7 Å². The molecule has 256 valence electrons. The molecule has 54 heavy (non-hydrogen) atoms. The summed E-state index contributed by atoms with van der Waals surface area (Å²) in [5, 5.41) is 0. The van der Waals surface area contributed by atoms with Crippen LogP contribution in [0.3, 0.4) is 0 Å². The second-order valence-corrected chi connectivity index (χ2v) is 15.2. The van der Waals surface area contributed by atoms with E-state index < -0.39 is 5.41 Å². The molecule has 0 atom stereocenters. The van der Waals surface area contributed by atoms with Gasteiger partial charge in [-0.25, -0.2) is 0 Å². The number of benzene rings is 8. The van der Waals surface area contributed by atoms with Gasteiger partial charge in [-0.2, -0.15) is 0 Å². The van der Waals surface area contributed by atoms with Crippen LogP contribution in [-0.2, 0) is 10.8 Å². The molecule has 3 aliphatic rings. The van der Waals surface area contributed by atoms with E-state index in [0.717, 1.165) is 22.9 Å². The predicted octanol–water partition coefficient (Wildman–Crippen LogP) is 13.6. The first-order valence-electron chi connectivity index (χ1n) is 18.9. The highest BCUT2D eigenvalue weighted by molar-refractivity contribution is 5.94. The molecule has 0 aromatic heterocycles. The minimum Gasteiger partial charge on any atom is -0.457 e. The van der Waals surface area contributed by atoms with Crippen LogP contribution < -0.4 is 9.64 Å². The van der Waals surface area contributed by atoms with E-state index in [2.05, 4.69) is 207 Å². The molecule has 2 heteroatoms. The van der Waals surface area contributed by atoms with Crippen LogP contribution in [0.5, 0.6) is 11.5 Å². The number of rotatable bonds is 4. The Morgan fingerprint density at radius 2 is 0.907 bits per heavy atom. The summed E-state index contributed by atoms with van der Waals surface area (Å²) in [7, 11) is 0. The molecule has 0 amide bonds. The van der Waals surface area contributed by atoms with Crippen molar-refractivity contribution in [2.75, 3.05) is 4.90 Å². The third kappa shape index (κ3) is 4.17. The van der Waals surface area contributed by atoms with Gasteiger partial charge in [0, 0.05) is 27.9 Å². The van der Waals surface area contributed by atoms with E-state index in [1.807, 2.05) is 0 Å². The molecule has 11 rings (SSSR count). The highest BCUT2D eigenvalue weighted by Gasteiger charge is 2.51. The number of anilines is 3. The zero-order valence-corrected chi connectivity index (χ0v) is 30.3. The smallest absolute Gasteiger partial charge is 0.132 e. The molecule has 8 aromatic rings. The summed E-state index contributed by atoms with van der Waals surface area (Å²) in [6.45, 7) is 4.75. The fraction of sp³-hybridized carbons (Fsp3) is 0.0769. The van der Waals surface area contributed by atoms with Gasteiger partial charge in [0.15, 0.2) is 0 Å². The van der Waals surface area contributed by atoms with Crippen LogP contribution in [0.2, 0.25) is 0 Å². The van der Waals surface area contributed by atoms with E-state index in [0.29, 0.717) is 0 Å². The van der Waals surface area contributed by atoms with Gasteiger partial charge < -0.3 is 9.64 Å². The van der Waals surface area contributed by atoms with Crippen molar-refractivity contribution < 1.29 is 4.74 Å². The highest BCUT2D eigenvalue weighted by Crippen LogP contribution is 2.63. The fourth-order valence-electron chi connectivity index (χ4n) is 9.85. The largest absolute Gasteiger partial charge is 0.457 e. The average Bonchev–Trinajstić information content (AvgIpc) is 3.64. The van der Waals surface area contributed by atoms with Crippen molar-refractivity contribution in [1.29, 1.82) is 0 Å². The summed E-state index contributed by atoms with van der Waals surface area (Å²) in [6.07, 6.45) is 0. The monoisotopic (exact) mass is 691 g/mol. The standard InChI is InChI=1S/C52H37NO/c1-51(2)42-20-8-6-18-39(42)41-19-14-24-47(50(41)51)53(36-29-27-35(28-30-36)34-15-4-3-5-16-34)37-31-32-40-38-17-7-9-21-43(38)52(46(40)33-37)44-22-10-12-25-48(44)54-49-26-13-11-23-45(49)52/h3-33H,1-2H3. The van der Waals surface area contributed by atoms with Crippen LogP contribution in [0.15, 0.2) is 188 Å². The fourth-order valence-corrected chi connectivity index (χ4v) is 9.85. The Hall–Kier alpha value is -6.64. The van der Waals surface area contributed by atoms with E-state index in [9.17, 15) is 0 Å². The topological polar surface area (TPSA) is 12.5 Å². The number of fused-ring (bicyclic) bond motifs is 12. The number of ether oxygens (including phenoxy) is 1. The Morgan fingerprint density at radius 3 is 1.61 bits per heavy atom. The van der Waals surface area contributed by atoms with Crippen LogP contribution in [0.4, 0.5) is 17.1 Å². The van der Waals surface area contributed by atoms with Crippen molar-refractivity contribution in [1.82, 2.24) is 0 Å². The highest BCUT2D eigenvalue weighted by atomic mass is 16.5. The molecule has 1 aliphatic heterocycles. The van der Waals surface area contributed by atoms with Gasteiger partial charge in [0.1, 0.15) is 11.5 Å². The van der Waals surface area contributed by atoms with E-state index >= 15 is 0 Å². The molecule has 0 N–H and O–H groups in total. The second-order valence-electron chi connectivity index (χ2n) is 15.2. The van der Waals surface area contributed by atoms with Crippen molar-refractivity contribution in [3.05, 3.63) is 221 Å². The van der Waals surface area contributed by atoms with Crippen LogP contribution in [0.1, 0.15) is 47.2 Å². The summed E-state index contributed by atoms with van der Waals surface area (Å²) in [4.78, 5) is 2.50. The Kier molecular flexibility index (Phi) is 6.55. The Balaban J connectivity index is 1.19. The first kappa shape index (κ1) is 30.9. The summed E-state index contributed by atoms with van der Waals surface area (Å²) in [6, 6.07) is 68.8. The van der Waals surface area contributed by atoms with E-state index in [-0.39, 0.29) is 5.41 Å². The van der Waals surface area contributed by atoms with Gasteiger partial charge in [0.2, 0.25) is 0 Å². The minimum absolute atomic E-state index is 0.197. The van der Waals surface area contributed by atoms with E-state index in [4.69, 9.17) is 4.74 Å². The maximum Gasteiger partial charge on any atom is 0.132 e. The zero-order chi connectivity index (χ0) is 36.0. The molecule has 1 heterocycles. The van der Waals surface area contributed by atoms with E-state index in [1.54, 1.807) is 0 Å². The zero-order valence-electron chi connectivity index (χ0n) is 30.3. The first-order valence-corrected chi connectivity index (χ1v) is 18.9. The lowest BCUT2D eigenvalue weighted by Crippen LogP contribution is -2.32. The number of hydrogen-bond donors (Lipinski definition) is 0. The summed E-state index contributed by atoms with van der Waals surface area (Å²) in [5.74, 6) is 1.80. The maximum atomic E-state index is 6.65. The molecule has 8 aromatic carbocycles. The van der Waals surface area contributed by atoms with Gasteiger partial charge in [-0.15, -0.1) is 0 Å². The first-order chi connectivity index (χ1) is 26.5. The molecule has 0 radical (unpaired) electrons. The molecule has 1 spiro atoms. The van der Waals surface area contributed by atoms with Gasteiger partial charge >= 0.3 is 0 Å². The van der Waals surface area contributed by atoms with Crippen molar-refractivity contribution in [3.8, 4) is 44.9 Å². The summed E-state index contributed by atoms with van der Waals surface area (Å²) in [5.41, 5.74) is 17.8. The second kappa shape index (κ2) is 11.4. The van der Waals surface area contributed by atoms with Crippen molar-refractivity contribution in [3.63, 3.8) is 0 Å². The molecular formula is C52H37NO. The molecule has 0 saturated heterocycles. The number of para-hydroxylation sites is 2. The third-order valence-corrected chi connectivity index (χ3v) is 12.1. The maximum absolute atomic E-state index is 6.65. The molecule has 0 saturated carbocycles. The molecule has 2 aliphatic carbocycles. The normalized spacial score (nSPS) is 14.6. The Labute approximate surface area is 316 Å². The summed E-state index contributed by atoms with van der Waals surface area (Å²) < 4.78 is 6.65. The van der Waals surface area contributed by atoms with Gasteiger partial charge in [-0.1, -0.05) is 159 Å². The van der Waals surface area contributed by atoms with Crippen LogP contribution >= 0.6 is 0 Å². The quantitative estimate of drug-likeness (QED) is 0.182. The molecular weight excluding hydrogens is 655 g/mol.